The molecule has 1 aromatic rings. The largest absolute Gasteiger partial charge is 0.465 e. The highest BCUT2D eigenvalue weighted by atomic mass is 16.5. The van der Waals surface area contributed by atoms with Gasteiger partial charge in [-0.2, -0.15) is 0 Å². The lowest BCUT2D eigenvalue weighted by Gasteiger charge is -2.18. The minimum atomic E-state index is -0.313. The number of ether oxygens (including phenoxy) is 1. The van der Waals surface area contributed by atoms with Crippen molar-refractivity contribution in [3.63, 3.8) is 0 Å². The van der Waals surface area contributed by atoms with Crippen LogP contribution >= 0.6 is 0 Å². The molecule has 0 aliphatic carbocycles. The molecular formula is C14H22N2O2. The van der Waals surface area contributed by atoms with Crippen LogP contribution in [-0.4, -0.2) is 25.2 Å². The number of carbonyl (C=O) groups excluding carboxylic acids is 1. The molecule has 1 aromatic carbocycles. The summed E-state index contributed by atoms with van der Waals surface area (Å²) < 4.78 is 4.64. The molecule has 0 aliphatic heterocycles. The van der Waals surface area contributed by atoms with Crippen LogP contribution in [0.1, 0.15) is 37.0 Å². The fourth-order valence-corrected chi connectivity index (χ4v) is 1.62. The molecule has 0 atom stereocenters. The van der Waals surface area contributed by atoms with E-state index in [2.05, 4.69) is 10.1 Å². The fourth-order valence-electron chi connectivity index (χ4n) is 1.62. The van der Waals surface area contributed by atoms with Gasteiger partial charge in [0.1, 0.15) is 0 Å². The van der Waals surface area contributed by atoms with Crippen molar-refractivity contribution in [1.82, 2.24) is 0 Å². The summed E-state index contributed by atoms with van der Waals surface area (Å²) in [5, 5.41) is 3.29. The van der Waals surface area contributed by atoms with E-state index in [-0.39, 0.29) is 11.5 Å². The summed E-state index contributed by atoms with van der Waals surface area (Å²) >= 11 is 0. The van der Waals surface area contributed by atoms with Gasteiger partial charge in [0.05, 0.1) is 12.7 Å². The standard InChI is InChI=1S/C14H22N2O2/c1-14(2,15)9-4-10-16-12-7-5-11(6-8-12)13(17)18-3/h5-8,16H,4,9-10,15H2,1-3H3. The lowest BCUT2D eigenvalue weighted by atomic mass is 10.0. The zero-order chi connectivity index (χ0) is 13.6. The smallest absolute Gasteiger partial charge is 0.337 e. The van der Waals surface area contributed by atoms with Crippen molar-refractivity contribution < 1.29 is 9.53 Å². The molecule has 0 heterocycles. The topological polar surface area (TPSA) is 64.3 Å². The number of hydrogen-bond donors (Lipinski definition) is 2. The van der Waals surface area contributed by atoms with Crippen LogP contribution in [0.15, 0.2) is 24.3 Å². The molecular weight excluding hydrogens is 228 g/mol. The zero-order valence-electron chi connectivity index (χ0n) is 11.3. The van der Waals surface area contributed by atoms with Crippen LogP contribution in [0.25, 0.3) is 0 Å². The molecule has 3 N–H and O–H groups in total. The second-order valence-corrected chi connectivity index (χ2v) is 5.09. The quantitative estimate of drug-likeness (QED) is 0.601. The van der Waals surface area contributed by atoms with E-state index in [4.69, 9.17) is 5.73 Å². The first kappa shape index (κ1) is 14.5. The van der Waals surface area contributed by atoms with Crippen molar-refractivity contribution in [3.05, 3.63) is 29.8 Å². The number of hydrogen-bond acceptors (Lipinski definition) is 4. The summed E-state index contributed by atoms with van der Waals surface area (Å²) in [6, 6.07) is 7.25. The van der Waals surface area contributed by atoms with E-state index in [1.165, 1.54) is 7.11 Å². The number of carbonyl (C=O) groups is 1. The number of nitrogens with two attached hydrogens (primary N) is 1. The van der Waals surface area contributed by atoms with E-state index in [1.54, 1.807) is 12.1 Å². The summed E-state index contributed by atoms with van der Waals surface area (Å²) in [6.07, 6.45) is 1.99. The van der Waals surface area contributed by atoms with Gasteiger partial charge in [-0.15, -0.1) is 0 Å². The second-order valence-electron chi connectivity index (χ2n) is 5.09. The average molecular weight is 250 g/mol. The average Bonchev–Trinajstić information content (AvgIpc) is 2.33. The number of methoxy groups -OCH3 is 1. The number of rotatable bonds is 6. The number of nitrogens with one attached hydrogen (secondary N) is 1. The minimum absolute atomic E-state index is 0.115. The van der Waals surface area contributed by atoms with Gasteiger partial charge in [0.25, 0.3) is 0 Å². The Morgan fingerprint density at radius 2 is 1.94 bits per heavy atom. The first-order valence-corrected chi connectivity index (χ1v) is 6.13. The van der Waals surface area contributed by atoms with E-state index in [9.17, 15) is 4.79 Å². The Hall–Kier alpha value is -1.55. The summed E-state index contributed by atoms with van der Waals surface area (Å²) in [7, 11) is 1.38. The van der Waals surface area contributed by atoms with Gasteiger partial charge < -0.3 is 15.8 Å². The van der Waals surface area contributed by atoms with Crippen LogP contribution < -0.4 is 11.1 Å². The maximum atomic E-state index is 11.2. The molecule has 0 aliphatic rings. The van der Waals surface area contributed by atoms with Crippen molar-refractivity contribution in [2.45, 2.75) is 32.2 Å². The molecule has 18 heavy (non-hydrogen) atoms. The van der Waals surface area contributed by atoms with Crippen LogP contribution in [0.2, 0.25) is 0 Å². The van der Waals surface area contributed by atoms with E-state index in [0.29, 0.717) is 5.56 Å². The number of anilines is 1. The monoisotopic (exact) mass is 250 g/mol. The molecule has 0 unspecified atom stereocenters. The third kappa shape index (κ3) is 5.19. The Bertz CT molecular complexity index is 380. The van der Waals surface area contributed by atoms with Crippen molar-refractivity contribution >= 4 is 11.7 Å². The maximum Gasteiger partial charge on any atom is 0.337 e. The normalized spacial score (nSPS) is 11.1. The predicted octanol–water partition coefficient (Wildman–Crippen LogP) is 2.40. The van der Waals surface area contributed by atoms with Crippen LogP contribution in [0.3, 0.4) is 0 Å². The van der Waals surface area contributed by atoms with Gasteiger partial charge in [0, 0.05) is 17.8 Å². The van der Waals surface area contributed by atoms with Crippen LogP contribution in [-0.2, 0) is 4.74 Å². The van der Waals surface area contributed by atoms with E-state index < -0.39 is 0 Å². The van der Waals surface area contributed by atoms with Gasteiger partial charge in [-0.05, 0) is 51.0 Å². The third-order valence-corrected chi connectivity index (χ3v) is 2.63. The lowest BCUT2D eigenvalue weighted by Crippen LogP contribution is -2.32. The van der Waals surface area contributed by atoms with Crippen molar-refractivity contribution in [3.8, 4) is 0 Å². The summed E-state index contributed by atoms with van der Waals surface area (Å²) in [5.41, 5.74) is 7.35. The predicted molar refractivity (Wildman–Crippen MR) is 73.8 cm³/mol. The maximum absolute atomic E-state index is 11.2. The van der Waals surface area contributed by atoms with Crippen LogP contribution in [0, 0.1) is 0 Å². The van der Waals surface area contributed by atoms with E-state index >= 15 is 0 Å². The molecule has 0 bridgehead atoms. The van der Waals surface area contributed by atoms with Gasteiger partial charge in [-0.3, -0.25) is 0 Å². The van der Waals surface area contributed by atoms with E-state index in [1.807, 2.05) is 26.0 Å². The Labute approximate surface area is 109 Å². The minimum Gasteiger partial charge on any atom is -0.465 e. The summed E-state index contributed by atoms with van der Waals surface area (Å²) in [4.78, 5) is 11.2. The molecule has 0 saturated heterocycles. The van der Waals surface area contributed by atoms with Crippen molar-refractivity contribution in [2.24, 2.45) is 5.73 Å². The van der Waals surface area contributed by atoms with Crippen molar-refractivity contribution in [1.29, 1.82) is 0 Å². The second kappa shape index (κ2) is 6.40. The van der Waals surface area contributed by atoms with Crippen molar-refractivity contribution in [2.75, 3.05) is 19.0 Å². The Balaban J connectivity index is 2.38. The first-order chi connectivity index (χ1) is 8.42. The van der Waals surface area contributed by atoms with Gasteiger partial charge in [0.15, 0.2) is 0 Å². The third-order valence-electron chi connectivity index (χ3n) is 2.63. The molecule has 4 heteroatoms. The molecule has 0 fully saturated rings. The highest BCUT2D eigenvalue weighted by Gasteiger charge is 2.09. The zero-order valence-corrected chi connectivity index (χ0v) is 11.3. The lowest BCUT2D eigenvalue weighted by molar-refractivity contribution is 0.0601. The summed E-state index contributed by atoms with van der Waals surface area (Å²) in [5.74, 6) is -0.313. The highest BCUT2D eigenvalue weighted by Crippen LogP contribution is 2.12. The van der Waals surface area contributed by atoms with Crippen LogP contribution in [0.5, 0.6) is 0 Å². The molecule has 0 spiro atoms. The molecule has 1 rings (SSSR count). The van der Waals surface area contributed by atoms with E-state index in [0.717, 1.165) is 25.1 Å². The first-order valence-electron chi connectivity index (χ1n) is 6.13. The summed E-state index contributed by atoms with van der Waals surface area (Å²) in [6.45, 7) is 4.93. The van der Waals surface area contributed by atoms with Gasteiger partial charge in [-0.25, -0.2) is 4.79 Å². The molecule has 0 amide bonds. The molecule has 100 valence electrons. The van der Waals surface area contributed by atoms with Gasteiger partial charge in [0.2, 0.25) is 0 Å². The molecule has 4 nitrogen and oxygen atoms in total. The molecule has 0 radical (unpaired) electrons. The molecule has 0 aromatic heterocycles. The fraction of sp³-hybridized carbons (Fsp3) is 0.500. The Kier molecular flexibility index (Phi) is 5.16. The Morgan fingerprint density at radius 3 is 2.44 bits per heavy atom. The highest BCUT2D eigenvalue weighted by molar-refractivity contribution is 5.89. The number of benzene rings is 1. The van der Waals surface area contributed by atoms with Gasteiger partial charge >= 0.3 is 5.97 Å². The Morgan fingerprint density at radius 1 is 1.33 bits per heavy atom. The SMILES string of the molecule is COC(=O)c1ccc(NCCCC(C)(C)N)cc1. The number of esters is 1. The van der Waals surface area contributed by atoms with Crippen LogP contribution in [0.4, 0.5) is 5.69 Å². The molecule has 0 saturated carbocycles. The van der Waals surface area contributed by atoms with Gasteiger partial charge in [-0.1, -0.05) is 0 Å².